The van der Waals surface area contributed by atoms with Crippen LogP contribution in [0.5, 0.6) is 5.75 Å². The van der Waals surface area contributed by atoms with Crippen molar-refractivity contribution < 1.29 is 22.7 Å². The summed E-state index contributed by atoms with van der Waals surface area (Å²) in [6.45, 7) is 9.72. The molecule has 1 fully saturated rings. The summed E-state index contributed by atoms with van der Waals surface area (Å²) in [5, 5.41) is 2.35. The second-order valence-corrected chi connectivity index (χ2v) is 16.8. The zero-order valence-electron chi connectivity index (χ0n) is 19.1. The summed E-state index contributed by atoms with van der Waals surface area (Å²) in [6.07, 6.45) is 0. The molecule has 2 aromatic rings. The largest absolute Gasteiger partial charge is 0.484 e. The molecule has 1 aliphatic rings. The first-order chi connectivity index (χ1) is 14.8. The molecule has 1 aliphatic heterocycles. The van der Waals surface area contributed by atoms with E-state index in [0.29, 0.717) is 5.75 Å². The van der Waals surface area contributed by atoms with E-state index in [1.54, 1.807) is 47.0 Å². The topological polar surface area (TPSA) is 92.8 Å². The summed E-state index contributed by atoms with van der Waals surface area (Å²) < 4.78 is 34.3. The predicted octanol–water partition coefficient (Wildman–Crippen LogP) is 3.20. The zero-order chi connectivity index (χ0) is 23.8. The van der Waals surface area contributed by atoms with Crippen molar-refractivity contribution in [3.63, 3.8) is 0 Å². The number of sulfone groups is 1. The van der Waals surface area contributed by atoms with Crippen LogP contribution in [0.15, 0.2) is 65.6 Å². The van der Waals surface area contributed by atoms with Gasteiger partial charge in [-0.15, -0.1) is 0 Å². The van der Waals surface area contributed by atoms with E-state index in [4.69, 9.17) is 4.74 Å². The molecule has 3 rings (SSSR count). The highest BCUT2D eigenvalue weighted by Crippen LogP contribution is 2.45. The maximum absolute atomic E-state index is 13.6. The maximum atomic E-state index is 13.6. The Kier molecular flexibility index (Phi) is 6.27. The summed E-state index contributed by atoms with van der Waals surface area (Å²) in [4.78, 5) is 24.2. The van der Waals surface area contributed by atoms with Gasteiger partial charge in [-0.2, -0.15) is 0 Å². The Morgan fingerprint density at radius 3 is 2.09 bits per heavy atom. The molecule has 0 radical (unpaired) electrons. The van der Waals surface area contributed by atoms with Crippen molar-refractivity contribution in [3.8, 4) is 5.75 Å². The normalized spacial score (nSPS) is 19.3. The van der Waals surface area contributed by atoms with Gasteiger partial charge in [-0.1, -0.05) is 70.3 Å². The van der Waals surface area contributed by atoms with E-state index in [1.807, 2.05) is 39.9 Å². The van der Waals surface area contributed by atoms with Crippen molar-refractivity contribution in [1.82, 2.24) is 9.88 Å². The van der Waals surface area contributed by atoms with Gasteiger partial charge in [0.05, 0.1) is 11.4 Å². The number of ether oxygens (including phenoxy) is 1. The van der Waals surface area contributed by atoms with E-state index in [9.17, 15) is 18.0 Å². The lowest BCUT2D eigenvalue weighted by Gasteiger charge is -2.57. The van der Waals surface area contributed by atoms with Crippen molar-refractivity contribution in [2.45, 2.75) is 48.7 Å². The van der Waals surface area contributed by atoms with Crippen LogP contribution in [0, 0.1) is 0 Å². The number of benzene rings is 2. The minimum absolute atomic E-state index is 0.00694. The first-order valence-corrected chi connectivity index (χ1v) is 14.9. The number of para-hydroxylation sites is 1. The van der Waals surface area contributed by atoms with Crippen molar-refractivity contribution in [2.24, 2.45) is 0 Å². The van der Waals surface area contributed by atoms with Gasteiger partial charge >= 0.3 is 0 Å². The van der Waals surface area contributed by atoms with Crippen LogP contribution in [0.1, 0.15) is 20.8 Å². The number of hydrogen-bond donors (Lipinski definition) is 1. The average Bonchev–Trinajstić information content (AvgIpc) is 2.74. The van der Waals surface area contributed by atoms with Gasteiger partial charge in [0, 0.05) is 0 Å². The van der Waals surface area contributed by atoms with E-state index < -0.39 is 41.4 Å². The monoisotopic (exact) mass is 474 g/mol. The Bertz CT molecular complexity index is 1100. The molecule has 7 nitrogen and oxygen atoms in total. The Balaban J connectivity index is 1.91. The molecule has 9 heteroatoms. The van der Waals surface area contributed by atoms with Crippen LogP contribution in [0.2, 0.25) is 18.1 Å². The molecule has 32 heavy (non-hydrogen) atoms. The Hall–Kier alpha value is -2.65. The second-order valence-electron chi connectivity index (χ2n) is 9.49. The van der Waals surface area contributed by atoms with Gasteiger partial charge in [0.1, 0.15) is 5.75 Å². The van der Waals surface area contributed by atoms with Gasteiger partial charge < -0.3 is 14.6 Å². The second kappa shape index (κ2) is 8.36. The minimum atomic E-state index is -4.19. The summed E-state index contributed by atoms with van der Waals surface area (Å²) in [5.41, 5.74) is 0. The van der Waals surface area contributed by atoms with Gasteiger partial charge in [0.25, 0.3) is 11.8 Å². The fraction of sp³-hybridized carbons (Fsp3) is 0.391. The predicted molar refractivity (Wildman–Crippen MR) is 125 cm³/mol. The highest BCUT2D eigenvalue weighted by molar-refractivity contribution is 7.93. The van der Waals surface area contributed by atoms with E-state index in [1.165, 1.54) is 12.1 Å². The molecular weight excluding hydrogens is 444 g/mol. The standard InChI is InChI=1S/C23H30N2O5SSi/c1-22(2,3)32(4,5)25-17-23(21(25)27,31(28,29)19-14-10-7-11-15-19)24-20(26)16-30-18-12-8-6-9-13-18/h6-15H,16-17H2,1-5H3,(H,24,26). The fourth-order valence-electron chi connectivity index (χ4n) is 3.43. The molecule has 1 saturated heterocycles. The highest BCUT2D eigenvalue weighted by Gasteiger charge is 2.67. The zero-order valence-corrected chi connectivity index (χ0v) is 20.9. The van der Waals surface area contributed by atoms with Crippen molar-refractivity contribution in [1.29, 1.82) is 0 Å². The number of amides is 2. The number of hydrogen-bond acceptors (Lipinski definition) is 5. The maximum Gasteiger partial charge on any atom is 0.259 e. The number of nitrogens with one attached hydrogen (secondary N) is 1. The summed E-state index contributed by atoms with van der Waals surface area (Å²) in [5.74, 6) is -0.775. The molecule has 0 aromatic heterocycles. The lowest BCUT2D eigenvalue weighted by atomic mass is 10.1. The molecule has 0 spiro atoms. The third-order valence-corrected chi connectivity index (χ3v) is 14.0. The number of rotatable bonds is 7. The molecule has 1 unspecified atom stereocenters. The SMILES string of the molecule is CC(C)(C)[Si](C)(C)N1CC(NC(=O)COc2ccccc2)(S(=O)(=O)c2ccccc2)C1=O. The quantitative estimate of drug-likeness (QED) is 0.491. The van der Waals surface area contributed by atoms with Gasteiger partial charge in [0.15, 0.2) is 14.8 Å². The Morgan fingerprint density at radius 2 is 1.59 bits per heavy atom. The Labute approximate surface area is 190 Å². The fourth-order valence-corrected chi connectivity index (χ4v) is 7.57. The molecule has 0 bridgehead atoms. The van der Waals surface area contributed by atoms with Crippen LogP contribution in [0.4, 0.5) is 0 Å². The van der Waals surface area contributed by atoms with Gasteiger partial charge in [-0.25, -0.2) is 8.42 Å². The molecule has 1 heterocycles. The summed E-state index contributed by atoms with van der Waals surface area (Å²) >= 11 is 0. The van der Waals surface area contributed by atoms with Gasteiger partial charge in [0.2, 0.25) is 14.7 Å². The molecule has 0 aliphatic carbocycles. The highest BCUT2D eigenvalue weighted by atomic mass is 32.2. The number of carbonyl (C=O) groups excluding carboxylic acids is 2. The average molecular weight is 475 g/mol. The summed E-state index contributed by atoms with van der Waals surface area (Å²) in [7, 11) is -6.52. The van der Waals surface area contributed by atoms with E-state index in [-0.39, 0.29) is 16.5 Å². The van der Waals surface area contributed by atoms with Crippen molar-refractivity contribution >= 4 is 29.9 Å². The van der Waals surface area contributed by atoms with Gasteiger partial charge in [-0.05, 0) is 29.3 Å². The van der Waals surface area contributed by atoms with Gasteiger partial charge in [-0.3, -0.25) is 9.59 Å². The van der Waals surface area contributed by atoms with Crippen LogP contribution in [-0.2, 0) is 19.4 Å². The molecular formula is C23H30N2O5SSi. The van der Waals surface area contributed by atoms with Crippen LogP contribution in [0.25, 0.3) is 0 Å². The van der Waals surface area contributed by atoms with Crippen molar-refractivity contribution in [3.05, 3.63) is 60.7 Å². The molecule has 1 atom stereocenters. The van der Waals surface area contributed by atoms with E-state index >= 15 is 0 Å². The molecule has 172 valence electrons. The first kappa shape index (κ1) is 24.0. The number of nitrogens with zero attached hydrogens (tertiary/aromatic N) is 1. The van der Waals surface area contributed by atoms with Crippen molar-refractivity contribution in [2.75, 3.05) is 13.2 Å². The van der Waals surface area contributed by atoms with E-state index in [2.05, 4.69) is 5.32 Å². The minimum Gasteiger partial charge on any atom is -0.484 e. The number of carbonyl (C=O) groups is 2. The lowest BCUT2D eigenvalue weighted by molar-refractivity contribution is -0.144. The third kappa shape index (κ3) is 4.06. The van der Waals surface area contributed by atoms with Crippen LogP contribution in [0.3, 0.4) is 0 Å². The van der Waals surface area contributed by atoms with E-state index in [0.717, 1.165) is 0 Å². The molecule has 1 N–H and O–H groups in total. The number of β-lactam (4-membered cyclic amide) rings is 1. The smallest absolute Gasteiger partial charge is 0.259 e. The van der Waals surface area contributed by atoms with Crippen LogP contribution >= 0.6 is 0 Å². The van der Waals surface area contributed by atoms with Crippen LogP contribution < -0.4 is 10.1 Å². The molecule has 0 saturated carbocycles. The first-order valence-electron chi connectivity index (χ1n) is 10.4. The lowest BCUT2D eigenvalue weighted by Crippen LogP contribution is -2.83. The van der Waals surface area contributed by atoms with Crippen LogP contribution in [-0.4, -0.2) is 51.1 Å². The summed E-state index contributed by atoms with van der Waals surface area (Å²) in [6, 6.07) is 16.5. The molecule has 2 amide bonds. The Morgan fingerprint density at radius 1 is 1.06 bits per heavy atom. The molecule has 2 aromatic carbocycles. The third-order valence-electron chi connectivity index (χ3n) is 6.45.